The number of rotatable bonds is 4. The van der Waals surface area contributed by atoms with Gasteiger partial charge in [0.05, 0.1) is 4.90 Å². The van der Waals surface area contributed by atoms with Crippen LogP contribution in [0.5, 0.6) is 11.5 Å². The first-order valence-electron chi connectivity index (χ1n) is 10.4. The zero-order chi connectivity index (χ0) is 24.2. The van der Waals surface area contributed by atoms with Gasteiger partial charge in [-0.2, -0.15) is 9.50 Å². The van der Waals surface area contributed by atoms with E-state index in [2.05, 4.69) is 10.1 Å². The molecular weight excluding hydrogens is 492 g/mol. The van der Waals surface area contributed by atoms with Crippen LogP contribution in [-0.2, 0) is 10.0 Å². The van der Waals surface area contributed by atoms with Gasteiger partial charge in [-0.1, -0.05) is 23.5 Å². The third kappa shape index (κ3) is 3.97. The van der Waals surface area contributed by atoms with E-state index in [1.54, 1.807) is 36.4 Å². The smallest absolute Gasteiger partial charge is 0.291 e. The number of fused-ring (bicyclic) bond motifs is 2. The van der Waals surface area contributed by atoms with Gasteiger partial charge in [-0.15, -0.1) is 5.10 Å². The molecule has 6 rings (SSSR count). The maximum Gasteiger partial charge on any atom is 0.291 e. The second-order valence-electron chi connectivity index (χ2n) is 7.72. The molecule has 0 aliphatic carbocycles. The fraction of sp³-hybridized carbons (Fsp3) is 0.0870. The van der Waals surface area contributed by atoms with Crippen molar-refractivity contribution in [3.05, 3.63) is 87.1 Å². The van der Waals surface area contributed by atoms with Crippen LogP contribution in [0.4, 0.5) is 0 Å². The minimum Gasteiger partial charge on any atom is -0.485 e. The highest BCUT2D eigenvalue weighted by atomic mass is 32.2. The number of aromatic nitrogens is 3. The molecule has 4 heterocycles. The lowest BCUT2D eigenvalue weighted by Gasteiger charge is -2.24. The molecular formula is C23H16N4O6S2. The molecule has 1 atom stereocenters. The average Bonchev–Trinajstić information content (AvgIpc) is 3.56. The molecule has 176 valence electrons. The Morgan fingerprint density at radius 1 is 1.06 bits per heavy atom. The Labute approximate surface area is 201 Å². The molecule has 0 saturated carbocycles. The van der Waals surface area contributed by atoms with Crippen molar-refractivity contribution in [2.24, 2.45) is 5.14 Å². The molecule has 10 nitrogen and oxygen atoms in total. The molecule has 2 aromatic carbocycles. The van der Waals surface area contributed by atoms with Crippen LogP contribution in [0.15, 0.2) is 74.8 Å². The van der Waals surface area contributed by atoms with E-state index in [9.17, 15) is 13.2 Å². The highest BCUT2D eigenvalue weighted by Gasteiger charge is 2.27. The van der Waals surface area contributed by atoms with Crippen molar-refractivity contribution in [3.63, 3.8) is 0 Å². The summed E-state index contributed by atoms with van der Waals surface area (Å²) in [6.07, 6.45) is 1.10. The van der Waals surface area contributed by atoms with E-state index in [0.29, 0.717) is 43.9 Å². The monoisotopic (exact) mass is 508 g/mol. The number of nitrogens with zero attached hydrogens (tertiary/aromatic N) is 3. The van der Waals surface area contributed by atoms with E-state index in [1.807, 2.05) is 18.2 Å². The van der Waals surface area contributed by atoms with Crippen molar-refractivity contribution in [2.75, 3.05) is 6.61 Å². The summed E-state index contributed by atoms with van der Waals surface area (Å²) in [5, 5.41) is 9.47. The molecule has 0 bridgehead atoms. The summed E-state index contributed by atoms with van der Waals surface area (Å²) in [7, 11) is -3.77. The Morgan fingerprint density at radius 2 is 1.83 bits per heavy atom. The molecule has 0 radical (unpaired) electrons. The van der Waals surface area contributed by atoms with Crippen molar-refractivity contribution < 1.29 is 22.3 Å². The van der Waals surface area contributed by atoms with Gasteiger partial charge in [-0.05, 0) is 48.5 Å². The molecule has 2 N–H and O–H groups in total. The Balaban J connectivity index is 1.27. The van der Waals surface area contributed by atoms with Gasteiger partial charge < -0.3 is 13.9 Å². The summed E-state index contributed by atoms with van der Waals surface area (Å²) >= 11 is 1.18. The number of benzene rings is 2. The summed E-state index contributed by atoms with van der Waals surface area (Å²) in [5.74, 6) is 2.60. The third-order valence-electron chi connectivity index (χ3n) is 5.36. The average molecular weight is 509 g/mol. The van der Waals surface area contributed by atoms with E-state index in [1.165, 1.54) is 28.0 Å². The first-order chi connectivity index (χ1) is 16.8. The molecule has 0 fully saturated rings. The van der Waals surface area contributed by atoms with Crippen LogP contribution in [0, 0.1) is 0 Å². The number of ether oxygens (including phenoxy) is 2. The minimum absolute atomic E-state index is 0.0128. The number of furan rings is 1. The molecule has 5 aromatic rings. The highest BCUT2D eigenvalue weighted by molar-refractivity contribution is 7.89. The van der Waals surface area contributed by atoms with E-state index in [0.717, 1.165) is 0 Å². The van der Waals surface area contributed by atoms with Gasteiger partial charge in [0.25, 0.3) is 5.56 Å². The normalized spacial score (nSPS) is 16.1. The van der Waals surface area contributed by atoms with Gasteiger partial charge in [-0.25, -0.2) is 13.6 Å². The number of primary sulfonamides is 1. The van der Waals surface area contributed by atoms with Crippen molar-refractivity contribution in [2.45, 2.75) is 11.0 Å². The van der Waals surface area contributed by atoms with Gasteiger partial charge in [0.15, 0.2) is 23.4 Å². The van der Waals surface area contributed by atoms with Gasteiger partial charge in [0.1, 0.15) is 22.7 Å². The molecule has 0 saturated heterocycles. The van der Waals surface area contributed by atoms with Crippen molar-refractivity contribution >= 4 is 32.4 Å². The molecule has 0 spiro atoms. The SMILES string of the molecule is NS(=O)(=O)c1ccc(-c2ccc(C=c3sc4nc(C5COc6ccccc6O5)nn4c3=O)o2)cc1. The molecule has 1 unspecified atom stereocenters. The quantitative estimate of drug-likeness (QED) is 0.389. The zero-order valence-corrected chi connectivity index (χ0v) is 19.5. The number of hydrogen-bond acceptors (Lipinski definition) is 9. The summed E-state index contributed by atoms with van der Waals surface area (Å²) in [6, 6.07) is 16.8. The van der Waals surface area contributed by atoms with Crippen LogP contribution in [-0.4, -0.2) is 29.6 Å². The van der Waals surface area contributed by atoms with Crippen molar-refractivity contribution in [1.29, 1.82) is 0 Å². The van der Waals surface area contributed by atoms with Gasteiger partial charge in [0, 0.05) is 11.6 Å². The summed E-state index contributed by atoms with van der Waals surface area (Å²) in [4.78, 5) is 17.8. The topological polar surface area (TPSA) is 139 Å². The van der Waals surface area contributed by atoms with Crippen molar-refractivity contribution in [1.82, 2.24) is 14.6 Å². The van der Waals surface area contributed by atoms with E-state index in [4.69, 9.17) is 19.0 Å². The zero-order valence-electron chi connectivity index (χ0n) is 17.8. The number of thiazole rings is 1. The largest absolute Gasteiger partial charge is 0.485 e. The number of hydrogen-bond donors (Lipinski definition) is 1. The molecule has 1 aliphatic heterocycles. The van der Waals surface area contributed by atoms with Crippen LogP contribution in [0.3, 0.4) is 0 Å². The van der Waals surface area contributed by atoms with Gasteiger partial charge in [0.2, 0.25) is 15.0 Å². The molecule has 0 amide bonds. The Kier molecular flexibility index (Phi) is 4.95. The predicted octanol–water partition coefficient (Wildman–Crippen LogP) is 2.12. The van der Waals surface area contributed by atoms with Crippen LogP contribution in [0.2, 0.25) is 0 Å². The summed E-state index contributed by atoms with van der Waals surface area (Å²) in [6.45, 7) is 0.245. The summed E-state index contributed by atoms with van der Waals surface area (Å²) < 4.78 is 42.0. The lowest BCUT2D eigenvalue weighted by Crippen LogP contribution is -2.26. The molecule has 12 heteroatoms. The number of nitrogens with two attached hydrogens (primary N) is 1. The van der Waals surface area contributed by atoms with Gasteiger partial charge in [-0.3, -0.25) is 4.79 Å². The number of para-hydroxylation sites is 2. The second-order valence-corrected chi connectivity index (χ2v) is 10.3. The fourth-order valence-corrected chi connectivity index (χ4v) is 5.07. The standard InChI is InChI=1S/C23H16N4O6S2/c24-35(29,30)15-8-5-13(6-9-15)16-10-7-14(32-16)11-20-22(28)27-23(34-20)25-21(26-27)19-12-31-17-3-1-2-4-18(17)33-19/h1-11,19H,12H2,(H2,24,29,30). The first kappa shape index (κ1) is 21.5. The Bertz CT molecular complexity index is 1790. The second kappa shape index (κ2) is 8.05. The molecule has 1 aliphatic rings. The molecule has 3 aromatic heterocycles. The van der Waals surface area contributed by atoms with Crippen LogP contribution < -0.4 is 24.7 Å². The van der Waals surface area contributed by atoms with E-state index in [-0.39, 0.29) is 17.1 Å². The lowest BCUT2D eigenvalue weighted by molar-refractivity contribution is 0.0852. The predicted molar refractivity (Wildman–Crippen MR) is 127 cm³/mol. The van der Waals surface area contributed by atoms with E-state index >= 15 is 0 Å². The lowest BCUT2D eigenvalue weighted by atomic mass is 10.2. The third-order valence-corrected chi connectivity index (χ3v) is 7.25. The van der Waals surface area contributed by atoms with Crippen LogP contribution in [0.1, 0.15) is 17.7 Å². The maximum absolute atomic E-state index is 12.9. The Hall–Kier alpha value is -4.00. The first-order valence-corrected chi connectivity index (χ1v) is 12.7. The Morgan fingerprint density at radius 3 is 2.57 bits per heavy atom. The maximum atomic E-state index is 12.9. The summed E-state index contributed by atoms with van der Waals surface area (Å²) in [5.41, 5.74) is 0.347. The minimum atomic E-state index is -3.77. The van der Waals surface area contributed by atoms with E-state index < -0.39 is 16.1 Å². The molecule has 35 heavy (non-hydrogen) atoms. The fourth-order valence-electron chi connectivity index (χ4n) is 3.66. The van der Waals surface area contributed by atoms with Crippen LogP contribution >= 0.6 is 11.3 Å². The number of sulfonamides is 1. The van der Waals surface area contributed by atoms with Gasteiger partial charge >= 0.3 is 0 Å². The highest BCUT2D eigenvalue weighted by Crippen LogP contribution is 2.35. The van der Waals surface area contributed by atoms with Crippen molar-refractivity contribution in [3.8, 4) is 22.8 Å². The van der Waals surface area contributed by atoms with Crippen LogP contribution in [0.25, 0.3) is 22.4 Å².